The van der Waals surface area contributed by atoms with Crippen LogP contribution in [0.15, 0.2) is 15.2 Å². The average Bonchev–Trinajstić information content (AvgIpc) is 3.14. The molecule has 0 aliphatic heterocycles. The van der Waals surface area contributed by atoms with Crippen molar-refractivity contribution < 1.29 is 0 Å². The third-order valence-corrected chi connectivity index (χ3v) is 6.20. The molecule has 1 heterocycles. The summed E-state index contributed by atoms with van der Waals surface area (Å²) in [6.07, 6.45) is 9.86. The minimum atomic E-state index is 0.777. The van der Waals surface area contributed by atoms with E-state index in [0.717, 1.165) is 17.9 Å². The van der Waals surface area contributed by atoms with Crippen molar-refractivity contribution in [1.29, 1.82) is 0 Å². The van der Waals surface area contributed by atoms with Crippen molar-refractivity contribution in [2.45, 2.75) is 56.9 Å². The van der Waals surface area contributed by atoms with E-state index in [1.165, 1.54) is 56.0 Å². The molecule has 0 radical (unpaired) electrons. The lowest BCUT2D eigenvalue weighted by atomic mass is 9.83. The second-order valence-electron chi connectivity index (χ2n) is 5.86. The summed E-state index contributed by atoms with van der Waals surface area (Å²) in [6.45, 7) is 1.23. The molecule has 2 unspecified atom stereocenters. The van der Waals surface area contributed by atoms with Crippen LogP contribution < -0.4 is 5.32 Å². The first kappa shape index (κ1) is 13.1. The van der Waals surface area contributed by atoms with Crippen LogP contribution >= 0.6 is 27.3 Å². The van der Waals surface area contributed by atoms with E-state index in [2.05, 4.69) is 32.0 Å². The van der Waals surface area contributed by atoms with E-state index < -0.39 is 0 Å². The molecule has 3 rings (SSSR count). The normalized spacial score (nSPS) is 29.2. The van der Waals surface area contributed by atoms with Crippen LogP contribution in [0.5, 0.6) is 0 Å². The topological polar surface area (TPSA) is 12.0 Å². The van der Waals surface area contributed by atoms with Crippen molar-refractivity contribution in [3.63, 3.8) is 0 Å². The third-order valence-electron chi connectivity index (χ3n) is 4.45. The van der Waals surface area contributed by atoms with Gasteiger partial charge in [0.25, 0.3) is 0 Å². The van der Waals surface area contributed by atoms with Crippen LogP contribution in [0.1, 0.15) is 56.4 Å². The van der Waals surface area contributed by atoms with Crippen LogP contribution in [0.4, 0.5) is 0 Å². The number of halogens is 1. The maximum Gasteiger partial charge on any atom is 0.0317 e. The Morgan fingerprint density at radius 3 is 2.67 bits per heavy atom. The molecule has 1 aromatic rings. The Labute approximate surface area is 122 Å². The lowest BCUT2D eigenvalue weighted by molar-refractivity contribution is 0.374. The van der Waals surface area contributed by atoms with Crippen molar-refractivity contribution in [3.05, 3.63) is 20.8 Å². The van der Waals surface area contributed by atoms with Crippen LogP contribution in [-0.4, -0.2) is 12.6 Å². The molecule has 1 N–H and O–H groups in total. The van der Waals surface area contributed by atoms with E-state index in [1.54, 1.807) is 5.56 Å². The number of nitrogens with one attached hydrogen (secondary N) is 1. The van der Waals surface area contributed by atoms with Gasteiger partial charge in [-0.1, -0.05) is 19.3 Å². The fourth-order valence-electron chi connectivity index (χ4n) is 3.20. The Hall–Kier alpha value is 0.140. The summed E-state index contributed by atoms with van der Waals surface area (Å²) < 4.78 is 1.34. The zero-order valence-electron chi connectivity index (χ0n) is 10.8. The molecule has 2 aliphatic rings. The molecule has 0 aromatic carbocycles. The fraction of sp³-hybridized carbons (Fsp3) is 0.733. The lowest BCUT2D eigenvalue weighted by Crippen LogP contribution is -2.28. The van der Waals surface area contributed by atoms with Crippen molar-refractivity contribution in [3.8, 4) is 0 Å². The smallest absolute Gasteiger partial charge is 0.0317 e. The van der Waals surface area contributed by atoms with E-state index in [4.69, 9.17) is 0 Å². The van der Waals surface area contributed by atoms with Gasteiger partial charge < -0.3 is 5.32 Å². The molecule has 2 fully saturated rings. The Bertz CT molecular complexity index is 386. The molecule has 18 heavy (non-hydrogen) atoms. The van der Waals surface area contributed by atoms with Gasteiger partial charge in [0.2, 0.25) is 0 Å². The summed E-state index contributed by atoms with van der Waals surface area (Å²) in [5, 5.41) is 8.36. The van der Waals surface area contributed by atoms with Gasteiger partial charge in [0.15, 0.2) is 0 Å². The lowest BCUT2D eigenvalue weighted by Gasteiger charge is -2.25. The Morgan fingerprint density at radius 1 is 1.11 bits per heavy atom. The summed E-state index contributed by atoms with van der Waals surface area (Å²) >= 11 is 5.58. The van der Waals surface area contributed by atoms with Gasteiger partial charge in [0, 0.05) is 15.9 Å². The number of hydrogen-bond acceptors (Lipinski definition) is 2. The summed E-state index contributed by atoms with van der Waals surface area (Å²) in [4.78, 5) is 0. The van der Waals surface area contributed by atoms with Crippen LogP contribution in [-0.2, 0) is 0 Å². The summed E-state index contributed by atoms with van der Waals surface area (Å²) in [5.41, 5.74) is 1.57. The standard InChI is InChI=1S/C15H22BrNS/c16-15-10-18-9-14(15)13-5-3-1-2-4-11(13)8-17-12-6-7-12/h9-13,17H,1-8H2. The molecule has 3 heteroatoms. The molecule has 0 saturated heterocycles. The minimum Gasteiger partial charge on any atom is -0.314 e. The number of thiophene rings is 1. The van der Waals surface area contributed by atoms with Crippen LogP contribution in [0, 0.1) is 5.92 Å². The highest BCUT2D eigenvalue weighted by Crippen LogP contribution is 2.41. The van der Waals surface area contributed by atoms with E-state index in [9.17, 15) is 0 Å². The van der Waals surface area contributed by atoms with Gasteiger partial charge in [0.1, 0.15) is 0 Å². The molecule has 2 aliphatic carbocycles. The first-order valence-electron chi connectivity index (χ1n) is 7.29. The van der Waals surface area contributed by atoms with Crippen LogP contribution in [0.25, 0.3) is 0 Å². The highest BCUT2D eigenvalue weighted by Gasteiger charge is 2.29. The van der Waals surface area contributed by atoms with Gasteiger partial charge in [-0.05, 0) is 70.9 Å². The Morgan fingerprint density at radius 2 is 1.94 bits per heavy atom. The molecule has 1 nitrogen and oxygen atoms in total. The van der Waals surface area contributed by atoms with Crippen molar-refractivity contribution >= 4 is 27.3 Å². The highest BCUT2D eigenvalue weighted by molar-refractivity contribution is 9.10. The first-order valence-corrected chi connectivity index (χ1v) is 9.03. The van der Waals surface area contributed by atoms with E-state index in [1.807, 2.05) is 11.3 Å². The molecule has 0 spiro atoms. The molecular weight excluding hydrogens is 306 g/mol. The second-order valence-corrected chi connectivity index (χ2v) is 7.46. The predicted octanol–water partition coefficient (Wildman–Crippen LogP) is 4.93. The van der Waals surface area contributed by atoms with E-state index in [0.29, 0.717) is 0 Å². The average molecular weight is 328 g/mol. The molecular formula is C15H22BrNS. The zero-order valence-corrected chi connectivity index (χ0v) is 13.2. The molecule has 2 atom stereocenters. The minimum absolute atomic E-state index is 0.777. The van der Waals surface area contributed by atoms with Crippen LogP contribution in [0.3, 0.4) is 0 Å². The molecule has 100 valence electrons. The number of rotatable bonds is 4. The van der Waals surface area contributed by atoms with Crippen molar-refractivity contribution in [2.24, 2.45) is 5.92 Å². The van der Waals surface area contributed by atoms with E-state index >= 15 is 0 Å². The fourth-order valence-corrected chi connectivity index (χ4v) is 4.86. The Balaban J connectivity index is 1.71. The summed E-state index contributed by atoms with van der Waals surface area (Å²) in [5.74, 6) is 1.62. The second kappa shape index (κ2) is 6.06. The van der Waals surface area contributed by atoms with Gasteiger partial charge in [-0.15, -0.1) is 0 Å². The van der Waals surface area contributed by atoms with Gasteiger partial charge in [-0.3, -0.25) is 0 Å². The van der Waals surface area contributed by atoms with E-state index in [-0.39, 0.29) is 0 Å². The third kappa shape index (κ3) is 3.17. The molecule has 1 aromatic heterocycles. The molecule has 0 bridgehead atoms. The summed E-state index contributed by atoms with van der Waals surface area (Å²) in [7, 11) is 0. The van der Waals surface area contributed by atoms with Gasteiger partial charge in [-0.25, -0.2) is 0 Å². The monoisotopic (exact) mass is 327 g/mol. The first-order chi connectivity index (χ1) is 8.84. The maximum atomic E-state index is 3.75. The Kier molecular flexibility index (Phi) is 4.42. The predicted molar refractivity (Wildman–Crippen MR) is 82.4 cm³/mol. The van der Waals surface area contributed by atoms with Crippen LogP contribution in [0.2, 0.25) is 0 Å². The largest absolute Gasteiger partial charge is 0.314 e. The van der Waals surface area contributed by atoms with Crippen molar-refractivity contribution in [1.82, 2.24) is 5.32 Å². The molecule has 2 saturated carbocycles. The SMILES string of the molecule is Brc1cscc1C1CCCCCC1CNC1CC1. The van der Waals surface area contributed by atoms with Gasteiger partial charge in [0.05, 0.1) is 0 Å². The van der Waals surface area contributed by atoms with Gasteiger partial charge >= 0.3 is 0 Å². The quantitative estimate of drug-likeness (QED) is 0.773. The van der Waals surface area contributed by atoms with Crippen molar-refractivity contribution in [2.75, 3.05) is 6.54 Å². The highest BCUT2D eigenvalue weighted by atomic mass is 79.9. The zero-order chi connectivity index (χ0) is 12.4. The summed E-state index contributed by atoms with van der Waals surface area (Å²) in [6, 6.07) is 0.847. The maximum absolute atomic E-state index is 3.75. The van der Waals surface area contributed by atoms with Gasteiger partial charge in [-0.2, -0.15) is 11.3 Å². The molecule has 0 amide bonds. The number of hydrogen-bond donors (Lipinski definition) is 1.